The molecule has 0 saturated carbocycles. The molecule has 2 aliphatic rings. The number of aromatic nitrogens is 1. The molecule has 1 fully saturated rings. The number of hydrogen-bond acceptors (Lipinski definition) is 7. The van der Waals surface area contributed by atoms with Crippen LogP contribution in [-0.4, -0.2) is 86.8 Å². The number of amides is 2. The number of pyridine rings is 1. The van der Waals surface area contributed by atoms with Crippen molar-refractivity contribution in [2.24, 2.45) is 5.92 Å². The number of carbonyl (C=O) groups excluding carboxylic acids is 2. The van der Waals surface area contributed by atoms with E-state index in [4.69, 9.17) is 11.6 Å². The summed E-state index contributed by atoms with van der Waals surface area (Å²) in [6, 6.07) is 14.1. The van der Waals surface area contributed by atoms with Gasteiger partial charge in [-0.3, -0.25) is 24.4 Å². The van der Waals surface area contributed by atoms with Crippen LogP contribution in [0.15, 0.2) is 67.0 Å². The summed E-state index contributed by atoms with van der Waals surface area (Å²) in [5.41, 5.74) is 3.07. The van der Waals surface area contributed by atoms with Gasteiger partial charge < -0.3 is 20.8 Å². The van der Waals surface area contributed by atoms with Crippen LogP contribution in [0.2, 0.25) is 5.02 Å². The molecule has 2 amide bonds. The van der Waals surface area contributed by atoms with Crippen molar-refractivity contribution < 1.29 is 24.2 Å². The lowest BCUT2D eigenvalue weighted by Crippen LogP contribution is -2.61. The number of halogens is 2. The number of nitrogens with zero attached hydrogens (tertiary/aromatic N) is 3. The van der Waals surface area contributed by atoms with Crippen LogP contribution in [0, 0.1) is 11.7 Å². The Morgan fingerprint density at radius 2 is 1.87 bits per heavy atom. The molecule has 0 radical (unpaired) electrons. The summed E-state index contributed by atoms with van der Waals surface area (Å²) in [5, 5.41) is 28.9. The van der Waals surface area contributed by atoms with E-state index in [2.05, 4.69) is 20.5 Å². The van der Waals surface area contributed by atoms with Gasteiger partial charge in [0, 0.05) is 68.0 Å². The Hall–Kier alpha value is -3.41. The van der Waals surface area contributed by atoms with Crippen LogP contribution >= 0.6 is 11.6 Å². The molecule has 2 heterocycles. The quantitative estimate of drug-likeness (QED) is 0.247. The second-order valence-corrected chi connectivity index (χ2v) is 14.3. The number of fused-ring (bicyclic) bond motifs is 1. The third-order valence-corrected chi connectivity index (χ3v) is 9.06. The van der Waals surface area contributed by atoms with E-state index < -0.39 is 35.7 Å². The van der Waals surface area contributed by atoms with Gasteiger partial charge in [-0.25, -0.2) is 4.39 Å². The fourth-order valence-corrected chi connectivity index (χ4v) is 6.77. The summed E-state index contributed by atoms with van der Waals surface area (Å²) in [6.45, 7) is 8.39. The van der Waals surface area contributed by atoms with Crippen LogP contribution in [0.5, 0.6) is 0 Å². The third kappa shape index (κ3) is 9.58. The maximum Gasteiger partial charge on any atom is 0.239 e. The van der Waals surface area contributed by atoms with Crippen molar-refractivity contribution in [1.29, 1.82) is 0 Å². The molecule has 11 heteroatoms. The largest absolute Gasteiger partial charge is 0.392 e. The molecule has 1 saturated heterocycles. The highest BCUT2D eigenvalue weighted by atomic mass is 35.5. The van der Waals surface area contributed by atoms with Gasteiger partial charge in [-0.15, -0.1) is 0 Å². The Labute approximate surface area is 281 Å². The molecule has 9 nitrogen and oxygen atoms in total. The van der Waals surface area contributed by atoms with Gasteiger partial charge in [0.1, 0.15) is 11.9 Å². The van der Waals surface area contributed by atoms with Crippen molar-refractivity contribution in [2.75, 3.05) is 26.2 Å². The lowest BCUT2D eigenvalue weighted by molar-refractivity contribution is -0.132. The Morgan fingerprint density at radius 3 is 2.57 bits per heavy atom. The molecule has 1 aliphatic carbocycles. The van der Waals surface area contributed by atoms with E-state index in [9.17, 15) is 24.2 Å². The molecule has 252 valence electrons. The van der Waals surface area contributed by atoms with E-state index >= 15 is 0 Å². The summed E-state index contributed by atoms with van der Waals surface area (Å²) in [6.07, 6.45) is 2.58. The summed E-state index contributed by atoms with van der Waals surface area (Å²) >= 11 is 6.24. The molecule has 4 N–H and O–H groups in total. The van der Waals surface area contributed by atoms with E-state index in [0.29, 0.717) is 37.6 Å². The van der Waals surface area contributed by atoms with Crippen molar-refractivity contribution in [3.05, 3.63) is 100 Å². The number of rotatable bonds is 11. The van der Waals surface area contributed by atoms with Crippen molar-refractivity contribution in [3.8, 4) is 0 Å². The first-order valence-corrected chi connectivity index (χ1v) is 16.6. The van der Waals surface area contributed by atoms with Crippen LogP contribution in [-0.2, 0) is 29.0 Å². The van der Waals surface area contributed by atoms with Gasteiger partial charge in [-0.2, -0.15) is 0 Å². The lowest BCUT2D eigenvalue weighted by Gasteiger charge is -2.42. The van der Waals surface area contributed by atoms with Crippen molar-refractivity contribution in [2.45, 2.75) is 76.4 Å². The molecule has 0 bridgehead atoms. The monoisotopic (exact) mass is 665 g/mol. The highest BCUT2D eigenvalue weighted by molar-refractivity contribution is 6.30. The van der Waals surface area contributed by atoms with Gasteiger partial charge in [0.2, 0.25) is 11.8 Å². The number of carbonyl (C=O) groups is 2. The topological polar surface area (TPSA) is 118 Å². The number of benzene rings is 2. The number of nitrogens with one attached hydrogen (secondary N) is 2. The molecule has 0 unspecified atom stereocenters. The second-order valence-electron chi connectivity index (χ2n) is 13.9. The summed E-state index contributed by atoms with van der Waals surface area (Å²) in [5.74, 6) is -1.50. The molecule has 3 aromatic rings. The van der Waals surface area contributed by atoms with Crippen molar-refractivity contribution >= 4 is 23.4 Å². The van der Waals surface area contributed by atoms with Gasteiger partial charge >= 0.3 is 0 Å². The fourth-order valence-electron chi connectivity index (χ4n) is 6.59. The van der Waals surface area contributed by atoms with Gasteiger partial charge in [-0.05, 0) is 86.2 Å². The smallest absolute Gasteiger partial charge is 0.239 e. The van der Waals surface area contributed by atoms with Gasteiger partial charge in [0.25, 0.3) is 0 Å². The van der Waals surface area contributed by atoms with Crippen LogP contribution in [0.1, 0.15) is 55.5 Å². The van der Waals surface area contributed by atoms with Gasteiger partial charge in [0.05, 0.1) is 18.2 Å². The Kier molecular flexibility index (Phi) is 11.3. The Bertz CT molecular complexity index is 1520. The van der Waals surface area contributed by atoms with E-state index in [-0.39, 0.29) is 37.0 Å². The molecule has 1 aromatic heterocycles. The molecule has 2 aromatic carbocycles. The average molecular weight is 666 g/mol. The number of piperazine rings is 1. The normalized spacial score (nSPS) is 21.6. The number of aliphatic hydroxyl groups is 2. The molecule has 0 spiro atoms. The first-order chi connectivity index (χ1) is 22.3. The molecular formula is C36H45ClFN5O4. The first-order valence-electron chi connectivity index (χ1n) is 16.2. The SMILES string of the molecule is CC(C)(C)NC(=O)[C@@H]1CN(Cc2cccnc2)CCN1C[C@@H](O)C[C@@H](Cc1ccc(F)cc1)C(=O)N[C@H]1c2cc(Cl)ccc2C[C@H]1O. The molecule has 47 heavy (non-hydrogen) atoms. The third-order valence-electron chi connectivity index (χ3n) is 8.83. The van der Waals surface area contributed by atoms with Crippen LogP contribution < -0.4 is 10.6 Å². The van der Waals surface area contributed by atoms with E-state index in [1.165, 1.54) is 12.1 Å². The molecule has 5 atom stereocenters. The van der Waals surface area contributed by atoms with Gasteiger partial charge in [-0.1, -0.05) is 35.9 Å². The van der Waals surface area contributed by atoms with Crippen LogP contribution in [0.3, 0.4) is 0 Å². The summed E-state index contributed by atoms with van der Waals surface area (Å²) in [7, 11) is 0. The lowest BCUT2D eigenvalue weighted by atomic mass is 9.91. The van der Waals surface area contributed by atoms with Crippen molar-refractivity contribution in [1.82, 2.24) is 25.4 Å². The zero-order chi connectivity index (χ0) is 33.7. The predicted octanol–water partition coefficient (Wildman–Crippen LogP) is 3.66. The molecular weight excluding hydrogens is 621 g/mol. The minimum absolute atomic E-state index is 0.109. The second kappa shape index (κ2) is 15.2. The van der Waals surface area contributed by atoms with E-state index in [0.717, 1.165) is 22.3 Å². The highest BCUT2D eigenvalue weighted by Gasteiger charge is 2.37. The standard InChI is InChI=1S/C36H45ClFN5O4/c1-36(2,3)41-35(47)31-22-42(20-24-5-4-12-39-19-24)13-14-43(31)21-29(44)16-26(15-23-6-10-28(38)11-7-23)34(46)40-33-30-18-27(37)9-8-25(30)17-32(33)45/h4-12,18-19,26,29,31-33,44-45H,13-17,20-22H2,1-3H3,(H,40,46)(H,41,47)/t26-,29+,31+,32-,33+/m1/s1. The predicted molar refractivity (Wildman–Crippen MR) is 179 cm³/mol. The van der Waals surface area contributed by atoms with Crippen molar-refractivity contribution in [3.63, 3.8) is 0 Å². The fraction of sp³-hybridized carbons (Fsp3) is 0.472. The summed E-state index contributed by atoms with van der Waals surface area (Å²) < 4.78 is 13.7. The Morgan fingerprint density at radius 1 is 1.11 bits per heavy atom. The maximum atomic E-state index is 13.9. The minimum Gasteiger partial charge on any atom is -0.392 e. The summed E-state index contributed by atoms with van der Waals surface area (Å²) in [4.78, 5) is 35.8. The average Bonchev–Trinajstić information content (AvgIpc) is 3.31. The highest BCUT2D eigenvalue weighted by Crippen LogP contribution is 2.34. The minimum atomic E-state index is -0.934. The zero-order valence-electron chi connectivity index (χ0n) is 27.2. The molecule has 5 rings (SSSR count). The molecule has 1 aliphatic heterocycles. The number of aliphatic hydroxyl groups excluding tert-OH is 2. The number of β-amino-alcohol motifs (C(OH)–C–C–N with tert-alkyl or cyclic N) is 1. The van der Waals surface area contributed by atoms with Gasteiger partial charge in [0.15, 0.2) is 0 Å². The zero-order valence-corrected chi connectivity index (χ0v) is 28.0. The maximum absolute atomic E-state index is 13.9. The Balaban J connectivity index is 1.30. The number of hydrogen-bond donors (Lipinski definition) is 4. The van der Waals surface area contributed by atoms with Crippen LogP contribution in [0.4, 0.5) is 4.39 Å². The van der Waals surface area contributed by atoms with E-state index in [1.807, 2.05) is 50.1 Å². The van der Waals surface area contributed by atoms with E-state index in [1.54, 1.807) is 30.5 Å². The van der Waals surface area contributed by atoms with Crippen LogP contribution in [0.25, 0.3) is 0 Å². The first kappa shape index (κ1) is 34.9.